The number of nitrogens with zero attached hydrogens (tertiary/aromatic N) is 1. The molecule has 32 heavy (non-hydrogen) atoms. The molecule has 3 atom stereocenters. The Hall–Kier alpha value is -1.21. The summed E-state index contributed by atoms with van der Waals surface area (Å²) in [4.78, 5) is 0. The predicted molar refractivity (Wildman–Crippen MR) is 113 cm³/mol. The Balaban J connectivity index is 1.37. The average molecular weight is 496 g/mol. The molecule has 1 aromatic carbocycles. The van der Waals surface area contributed by atoms with Crippen LogP contribution in [0.2, 0.25) is 0 Å². The van der Waals surface area contributed by atoms with E-state index in [1.54, 1.807) is 0 Å². The first-order valence-electron chi connectivity index (χ1n) is 10.9. The molecule has 3 fully saturated rings. The maximum atomic E-state index is 14.0. The van der Waals surface area contributed by atoms with E-state index < -0.39 is 48.8 Å². The normalized spacial score (nSPS) is 27.6. The topological polar surface area (TPSA) is 110 Å². The van der Waals surface area contributed by atoms with Crippen LogP contribution in [0.5, 0.6) is 0 Å². The molecule has 1 unspecified atom stereocenters. The Morgan fingerprint density at radius 1 is 0.969 bits per heavy atom. The molecule has 12 heteroatoms. The Bertz CT molecular complexity index is 1070. The minimum absolute atomic E-state index is 0.00162. The molecule has 180 valence electrons. The van der Waals surface area contributed by atoms with E-state index in [2.05, 4.69) is 4.72 Å². The van der Waals surface area contributed by atoms with Gasteiger partial charge in [-0.25, -0.2) is 34.7 Å². The molecule has 1 saturated carbocycles. The molecule has 0 amide bonds. The molecule has 0 radical (unpaired) electrons. The number of benzene rings is 1. The van der Waals surface area contributed by atoms with Crippen molar-refractivity contribution in [3.63, 3.8) is 0 Å². The van der Waals surface area contributed by atoms with Gasteiger partial charge in [-0.05, 0) is 62.5 Å². The Kier molecular flexibility index (Phi) is 6.63. The number of nitrogens with two attached hydrogens (primary N) is 1. The highest BCUT2D eigenvalue weighted by Gasteiger charge is 2.47. The predicted octanol–water partition coefficient (Wildman–Crippen LogP) is 1.63. The highest BCUT2D eigenvalue weighted by atomic mass is 32.2. The van der Waals surface area contributed by atoms with Gasteiger partial charge in [-0.1, -0.05) is 0 Å². The molecule has 3 N–H and O–H groups in total. The molecule has 3 aliphatic rings. The highest BCUT2D eigenvalue weighted by molar-refractivity contribution is 7.90. The number of hydrogen-bond donors (Lipinski definition) is 2. The summed E-state index contributed by atoms with van der Waals surface area (Å²) >= 11 is 0. The van der Waals surface area contributed by atoms with E-state index in [0.717, 1.165) is 6.07 Å². The quantitative estimate of drug-likeness (QED) is 0.506. The molecule has 2 aliphatic heterocycles. The summed E-state index contributed by atoms with van der Waals surface area (Å²) in [5.41, 5.74) is 6.28. The third-order valence-electron chi connectivity index (χ3n) is 6.80. The molecule has 2 heterocycles. The molecule has 1 aliphatic carbocycles. The van der Waals surface area contributed by atoms with Crippen LogP contribution in [-0.2, 0) is 26.5 Å². The largest absolute Gasteiger partial charge is 0.327 e. The second-order valence-electron chi connectivity index (χ2n) is 9.13. The monoisotopic (exact) mass is 495 g/mol. The summed E-state index contributed by atoms with van der Waals surface area (Å²) in [6.07, 6.45) is 3.60. The van der Waals surface area contributed by atoms with E-state index in [0.29, 0.717) is 44.6 Å². The van der Waals surface area contributed by atoms with E-state index in [1.807, 2.05) is 0 Å². The smallest absolute Gasteiger partial charge is 0.215 e. The van der Waals surface area contributed by atoms with Gasteiger partial charge in [-0.3, -0.25) is 0 Å². The lowest BCUT2D eigenvalue weighted by Gasteiger charge is -2.40. The number of fused-ring (bicyclic) bond motifs is 2. The van der Waals surface area contributed by atoms with E-state index in [1.165, 1.54) is 4.31 Å². The van der Waals surface area contributed by atoms with Crippen molar-refractivity contribution in [3.05, 3.63) is 35.1 Å². The lowest BCUT2D eigenvalue weighted by molar-refractivity contribution is 0.170. The number of nitrogens with one attached hydrogen (secondary N) is 1. The van der Waals surface area contributed by atoms with Crippen LogP contribution in [0.4, 0.5) is 13.2 Å². The van der Waals surface area contributed by atoms with Gasteiger partial charge >= 0.3 is 0 Å². The molecule has 2 bridgehead atoms. The summed E-state index contributed by atoms with van der Waals surface area (Å²) in [6.45, 7) is -0.157. The Labute approximate surface area is 186 Å². The first-order chi connectivity index (χ1) is 15.0. The van der Waals surface area contributed by atoms with E-state index in [4.69, 9.17) is 5.73 Å². The summed E-state index contributed by atoms with van der Waals surface area (Å²) < 4.78 is 94.3. The summed E-state index contributed by atoms with van der Waals surface area (Å²) in [7, 11) is -7.10. The van der Waals surface area contributed by atoms with Crippen molar-refractivity contribution in [2.24, 2.45) is 11.7 Å². The van der Waals surface area contributed by atoms with Gasteiger partial charge in [-0.15, -0.1) is 0 Å². The summed E-state index contributed by atoms with van der Waals surface area (Å²) in [5.74, 6) is -3.62. The van der Waals surface area contributed by atoms with Gasteiger partial charge in [-0.2, -0.15) is 4.31 Å². The van der Waals surface area contributed by atoms with Crippen molar-refractivity contribution >= 4 is 20.0 Å². The molecule has 0 spiro atoms. The first-order valence-corrected chi connectivity index (χ1v) is 14.0. The zero-order valence-corrected chi connectivity index (χ0v) is 19.1. The van der Waals surface area contributed by atoms with Crippen molar-refractivity contribution in [2.75, 3.05) is 12.3 Å². The number of halogens is 3. The third-order valence-corrected chi connectivity index (χ3v) is 10.7. The lowest BCUT2D eigenvalue weighted by atomic mass is 9.83. The first kappa shape index (κ1) is 23.9. The van der Waals surface area contributed by atoms with Crippen molar-refractivity contribution in [3.8, 4) is 0 Å². The molecule has 7 nitrogen and oxygen atoms in total. The van der Waals surface area contributed by atoms with Crippen LogP contribution in [0.15, 0.2) is 12.1 Å². The van der Waals surface area contributed by atoms with Crippen molar-refractivity contribution in [1.29, 1.82) is 0 Å². The van der Waals surface area contributed by atoms with E-state index in [-0.39, 0.29) is 42.3 Å². The standard InChI is InChI=1S/C20H28F3N3O4S2/c21-17-11-19(23)18(22)9-12(17)10-20(24)13-7-14-1-2-15(8-13)26(14)31(27,28)6-5-25-32(29,30)16-3-4-16/h9,11,13-16,20,25H,1-8,10,24H2/t14-,15-,20?/m0/s1. The Morgan fingerprint density at radius 2 is 1.56 bits per heavy atom. The highest BCUT2D eigenvalue weighted by Crippen LogP contribution is 2.42. The van der Waals surface area contributed by atoms with Gasteiger partial charge in [0, 0.05) is 30.7 Å². The number of piperidine rings is 1. The third kappa shape index (κ3) is 4.98. The minimum Gasteiger partial charge on any atom is -0.327 e. The van der Waals surface area contributed by atoms with Crippen molar-refractivity contribution < 1.29 is 30.0 Å². The van der Waals surface area contributed by atoms with Crippen LogP contribution in [0, 0.1) is 23.4 Å². The van der Waals surface area contributed by atoms with Gasteiger partial charge in [0.05, 0.1) is 11.0 Å². The lowest BCUT2D eigenvalue weighted by Crippen LogP contribution is -2.51. The fourth-order valence-electron chi connectivity index (χ4n) is 5.04. The second kappa shape index (κ2) is 8.86. The molecule has 0 aromatic heterocycles. The molecular weight excluding hydrogens is 467 g/mol. The van der Waals surface area contributed by atoms with Gasteiger partial charge in [0.1, 0.15) is 5.82 Å². The zero-order valence-electron chi connectivity index (χ0n) is 17.5. The maximum Gasteiger partial charge on any atom is 0.215 e. The maximum absolute atomic E-state index is 14.0. The van der Waals surface area contributed by atoms with Crippen LogP contribution in [0.25, 0.3) is 0 Å². The van der Waals surface area contributed by atoms with E-state index >= 15 is 0 Å². The second-order valence-corrected chi connectivity index (χ2v) is 13.2. The van der Waals surface area contributed by atoms with Crippen LogP contribution in [0.1, 0.15) is 44.1 Å². The fraction of sp³-hybridized carbons (Fsp3) is 0.700. The van der Waals surface area contributed by atoms with Gasteiger partial charge in [0.2, 0.25) is 20.0 Å². The van der Waals surface area contributed by atoms with Gasteiger partial charge in [0.15, 0.2) is 11.6 Å². The number of rotatable bonds is 9. The van der Waals surface area contributed by atoms with Crippen molar-refractivity contribution in [2.45, 2.75) is 68.3 Å². The van der Waals surface area contributed by atoms with Crippen LogP contribution in [0.3, 0.4) is 0 Å². The fourth-order valence-corrected chi connectivity index (χ4v) is 8.41. The van der Waals surface area contributed by atoms with Crippen LogP contribution < -0.4 is 10.5 Å². The summed E-state index contributed by atoms with van der Waals surface area (Å²) in [5, 5.41) is -0.405. The zero-order chi connectivity index (χ0) is 23.3. The van der Waals surface area contributed by atoms with Crippen LogP contribution in [-0.4, -0.2) is 56.8 Å². The number of hydrogen-bond acceptors (Lipinski definition) is 5. The summed E-state index contributed by atoms with van der Waals surface area (Å²) in [6, 6.07) is 0.316. The van der Waals surface area contributed by atoms with Gasteiger partial charge in [0.25, 0.3) is 0 Å². The molecule has 2 saturated heterocycles. The van der Waals surface area contributed by atoms with Gasteiger partial charge < -0.3 is 5.73 Å². The Morgan fingerprint density at radius 3 is 2.16 bits per heavy atom. The average Bonchev–Trinajstić information content (AvgIpc) is 3.52. The SMILES string of the molecule is NC(Cc1cc(F)c(F)cc1F)C1C[C@@H]2CC[C@@H](C1)N2S(=O)(=O)CCNS(=O)(=O)C1CC1. The number of sulfonamides is 2. The van der Waals surface area contributed by atoms with Crippen LogP contribution >= 0.6 is 0 Å². The minimum atomic E-state index is -3.66. The molecule has 1 aromatic rings. The van der Waals surface area contributed by atoms with E-state index in [9.17, 15) is 30.0 Å². The molecular formula is C20H28F3N3O4S2. The van der Waals surface area contributed by atoms with Crippen molar-refractivity contribution in [1.82, 2.24) is 9.03 Å². The molecule has 4 rings (SSSR count).